The van der Waals surface area contributed by atoms with Crippen LogP contribution in [0.2, 0.25) is 0 Å². The van der Waals surface area contributed by atoms with Crippen LogP contribution in [0.15, 0.2) is 0 Å². The fraction of sp³-hybridized carbons (Fsp3) is 0.941. The first-order valence-electron chi connectivity index (χ1n) is 9.39. The summed E-state index contributed by atoms with van der Waals surface area (Å²) in [5, 5.41) is 3.49. The molecule has 3 aliphatic heterocycles. The third-order valence-corrected chi connectivity index (χ3v) is 8.04. The summed E-state index contributed by atoms with van der Waals surface area (Å²) >= 11 is 0. The molecule has 0 aromatic carbocycles. The van der Waals surface area contributed by atoms with Gasteiger partial charge in [0.25, 0.3) is 0 Å². The van der Waals surface area contributed by atoms with E-state index in [-0.39, 0.29) is 29.6 Å². The Morgan fingerprint density at radius 3 is 2.83 bits per heavy atom. The predicted octanol–water partition coefficient (Wildman–Crippen LogP) is 1.69. The summed E-state index contributed by atoms with van der Waals surface area (Å²) in [6, 6.07) is -0.212. The van der Waals surface area contributed by atoms with Crippen LogP contribution in [-0.4, -0.2) is 47.7 Å². The number of rotatable bonds is 0. The molecule has 7 atom stereocenters. The van der Waals surface area contributed by atoms with Gasteiger partial charge in [-0.2, -0.15) is 0 Å². The molecule has 3 saturated carbocycles. The lowest BCUT2D eigenvalue weighted by atomic mass is 9.43. The average molecular weight is 319 g/mol. The Balaban J connectivity index is 1.52. The average Bonchev–Trinajstić information content (AvgIpc) is 3.06. The van der Waals surface area contributed by atoms with E-state index >= 15 is 0 Å². The minimum absolute atomic E-state index is 0.0847. The summed E-state index contributed by atoms with van der Waals surface area (Å²) in [5.74, 6) is 1.60. The monoisotopic (exact) mass is 319 g/mol. The summed E-state index contributed by atoms with van der Waals surface area (Å²) in [5.41, 5.74) is 0.140. The molecule has 5 nitrogen and oxygen atoms in total. The van der Waals surface area contributed by atoms with Crippen LogP contribution in [0.4, 0.5) is 0 Å². The van der Waals surface area contributed by atoms with Crippen molar-refractivity contribution in [2.45, 2.75) is 77.1 Å². The minimum atomic E-state index is -1.60. The highest BCUT2D eigenvalue weighted by atomic mass is 16.7. The molecule has 3 saturated heterocycles. The molecular formula is C17H28BN2O3-. The maximum absolute atomic E-state index is 12.5. The van der Waals surface area contributed by atoms with E-state index in [0.29, 0.717) is 11.3 Å². The maximum Gasteiger partial charge on any atom is 0.338 e. The number of hydrogen-bond acceptors (Lipinski definition) is 4. The van der Waals surface area contributed by atoms with E-state index in [2.05, 4.69) is 26.0 Å². The Hall–Kier alpha value is -0.585. The smallest absolute Gasteiger partial charge is 0.338 e. The summed E-state index contributed by atoms with van der Waals surface area (Å²) < 4.78 is 13.5. The maximum atomic E-state index is 12.5. The van der Waals surface area contributed by atoms with Crippen molar-refractivity contribution in [3.63, 3.8) is 0 Å². The van der Waals surface area contributed by atoms with Crippen molar-refractivity contribution >= 4 is 12.6 Å². The number of amides is 1. The van der Waals surface area contributed by atoms with Crippen LogP contribution in [0.3, 0.4) is 0 Å². The van der Waals surface area contributed by atoms with Crippen molar-refractivity contribution in [2.75, 3.05) is 6.54 Å². The fourth-order valence-corrected chi connectivity index (χ4v) is 6.65. The van der Waals surface area contributed by atoms with Gasteiger partial charge in [0.2, 0.25) is 5.91 Å². The van der Waals surface area contributed by atoms with E-state index in [1.807, 2.05) is 11.8 Å². The van der Waals surface area contributed by atoms with E-state index in [9.17, 15) is 4.79 Å². The largest absolute Gasteiger partial charge is 0.549 e. The van der Waals surface area contributed by atoms with Gasteiger partial charge in [0.15, 0.2) is 0 Å². The van der Waals surface area contributed by atoms with Crippen LogP contribution in [0.25, 0.3) is 0 Å². The van der Waals surface area contributed by atoms with Crippen molar-refractivity contribution in [3.05, 3.63) is 0 Å². The second-order valence-electron chi connectivity index (χ2n) is 9.37. The van der Waals surface area contributed by atoms with Gasteiger partial charge in [0, 0.05) is 18.2 Å². The molecule has 3 aliphatic carbocycles. The number of carbonyl (C=O) groups excluding carboxylic acids is 1. The van der Waals surface area contributed by atoms with Crippen molar-refractivity contribution in [3.8, 4) is 0 Å². The summed E-state index contributed by atoms with van der Waals surface area (Å²) in [6.07, 6.45) is 4.58. The highest BCUT2D eigenvalue weighted by Crippen LogP contribution is 2.66. The molecular weight excluding hydrogens is 291 g/mol. The van der Waals surface area contributed by atoms with Crippen LogP contribution in [0.1, 0.15) is 53.4 Å². The Morgan fingerprint density at radius 1 is 1.30 bits per heavy atom. The van der Waals surface area contributed by atoms with Gasteiger partial charge in [-0.15, -0.1) is 0 Å². The number of nitrogens with zero attached hydrogens (tertiary/aromatic N) is 1. The quantitative estimate of drug-likeness (QED) is 0.690. The Bertz CT molecular complexity index is 584. The second kappa shape index (κ2) is 4.14. The Morgan fingerprint density at radius 2 is 2.09 bits per heavy atom. The van der Waals surface area contributed by atoms with Crippen LogP contribution in [0, 0.1) is 17.3 Å². The third-order valence-electron chi connectivity index (χ3n) is 8.04. The summed E-state index contributed by atoms with van der Waals surface area (Å²) in [4.78, 5) is 14.5. The van der Waals surface area contributed by atoms with Gasteiger partial charge in [-0.3, -0.25) is 4.79 Å². The number of fused-ring (bicyclic) bond motifs is 2. The molecule has 128 valence electrons. The zero-order valence-electron chi connectivity index (χ0n) is 14.7. The van der Waals surface area contributed by atoms with Gasteiger partial charge in [-0.1, -0.05) is 20.3 Å². The SMILES string of the molecule is C[C@@H]1N[B-]2(O[C@@H]3C[C@@H]4C[C@@H](C4(C)C)[C@]3(C)O2)C2CCCN2C1=O. The van der Waals surface area contributed by atoms with Gasteiger partial charge >= 0.3 is 6.69 Å². The van der Waals surface area contributed by atoms with Crippen LogP contribution < -0.4 is 5.23 Å². The molecule has 2 unspecified atom stereocenters. The lowest BCUT2D eigenvalue weighted by Gasteiger charge is -2.66. The molecule has 6 heteroatoms. The normalized spacial score (nSPS) is 56.4. The van der Waals surface area contributed by atoms with Crippen molar-refractivity contribution in [1.82, 2.24) is 10.1 Å². The molecule has 6 aliphatic rings. The first kappa shape index (κ1) is 14.7. The standard InChI is InChI=1S/C17H28BN2O3/c1-10-15(21)20-7-5-6-14(20)18(19-10)22-13-9-11-8-12(16(11,2)3)17(13,4)23-18/h10-14,19H,5-9H2,1-4H3/q-1/t10-,11-,12-,13+,14?,17-,18?/m0/s1. The van der Waals surface area contributed by atoms with Crippen molar-refractivity contribution < 1.29 is 14.1 Å². The molecule has 0 radical (unpaired) electrons. The van der Waals surface area contributed by atoms with Gasteiger partial charge in [0.1, 0.15) is 0 Å². The first-order valence-corrected chi connectivity index (χ1v) is 9.39. The van der Waals surface area contributed by atoms with Crippen molar-refractivity contribution in [1.29, 1.82) is 0 Å². The molecule has 1 spiro atoms. The van der Waals surface area contributed by atoms with Crippen LogP contribution >= 0.6 is 0 Å². The zero-order valence-corrected chi connectivity index (χ0v) is 14.7. The summed E-state index contributed by atoms with van der Waals surface area (Å²) in [7, 11) is 0. The van der Waals surface area contributed by atoms with Crippen LogP contribution in [-0.2, 0) is 14.1 Å². The minimum Gasteiger partial charge on any atom is -0.549 e. The molecule has 1 N–H and O–H groups in total. The first-order chi connectivity index (χ1) is 10.8. The summed E-state index contributed by atoms with van der Waals surface area (Å²) in [6.45, 7) is 8.23. The highest BCUT2D eigenvalue weighted by molar-refractivity contribution is 6.68. The second-order valence-corrected chi connectivity index (χ2v) is 9.37. The van der Waals surface area contributed by atoms with Gasteiger partial charge in [-0.25, -0.2) is 0 Å². The Labute approximate surface area is 138 Å². The topological polar surface area (TPSA) is 50.8 Å². The number of nitrogens with one attached hydrogen (secondary N) is 1. The molecule has 3 heterocycles. The van der Waals surface area contributed by atoms with E-state index in [4.69, 9.17) is 9.31 Å². The van der Waals surface area contributed by atoms with E-state index in [0.717, 1.165) is 31.7 Å². The number of hydrogen-bond donors (Lipinski definition) is 1. The highest BCUT2D eigenvalue weighted by Gasteiger charge is 2.69. The molecule has 23 heavy (non-hydrogen) atoms. The van der Waals surface area contributed by atoms with E-state index < -0.39 is 6.69 Å². The molecule has 0 aromatic rings. The lowest BCUT2D eigenvalue weighted by molar-refractivity contribution is -0.200. The molecule has 6 fully saturated rings. The molecule has 2 bridgehead atoms. The van der Waals surface area contributed by atoms with Crippen molar-refractivity contribution in [2.24, 2.45) is 17.3 Å². The predicted molar refractivity (Wildman–Crippen MR) is 87.4 cm³/mol. The molecule has 0 aromatic heterocycles. The van der Waals surface area contributed by atoms with Gasteiger partial charge in [-0.05, 0) is 56.3 Å². The van der Waals surface area contributed by atoms with E-state index in [1.165, 1.54) is 6.42 Å². The molecule has 1 amide bonds. The van der Waals surface area contributed by atoms with Gasteiger partial charge < -0.3 is 19.4 Å². The Kier molecular flexibility index (Phi) is 2.65. The lowest BCUT2D eigenvalue weighted by Crippen LogP contribution is -2.75. The zero-order chi connectivity index (χ0) is 16.2. The van der Waals surface area contributed by atoms with Gasteiger partial charge in [0.05, 0.1) is 6.04 Å². The third kappa shape index (κ3) is 1.58. The fourth-order valence-electron chi connectivity index (χ4n) is 6.65. The number of carbonyl (C=O) groups is 1. The molecule has 6 rings (SSSR count). The van der Waals surface area contributed by atoms with E-state index in [1.54, 1.807) is 0 Å². The van der Waals surface area contributed by atoms with Crippen LogP contribution in [0.5, 0.6) is 0 Å².